The molecule has 9 heteroatoms. The number of rotatable bonds is 4. The molecule has 30 heavy (non-hydrogen) atoms. The zero-order valence-corrected chi connectivity index (χ0v) is 16.3. The van der Waals surface area contributed by atoms with Gasteiger partial charge in [0.25, 0.3) is 5.91 Å². The van der Waals surface area contributed by atoms with E-state index in [0.29, 0.717) is 10.9 Å². The maximum Gasteiger partial charge on any atom is 0.258 e. The summed E-state index contributed by atoms with van der Waals surface area (Å²) in [6, 6.07) is 10.8. The summed E-state index contributed by atoms with van der Waals surface area (Å²) in [5, 5.41) is 4.90. The smallest absolute Gasteiger partial charge is 0.258 e. The Labute approximate surface area is 170 Å². The molecule has 2 aromatic heterocycles. The van der Waals surface area contributed by atoms with E-state index < -0.39 is 11.6 Å². The van der Waals surface area contributed by atoms with Crippen molar-refractivity contribution < 1.29 is 13.6 Å². The first-order chi connectivity index (χ1) is 14.4. The molecule has 2 aromatic carbocycles. The number of nitrogens with two attached hydrogens (primary N) is 1. The highest BCUT2D eigenvalue weighted by molar-refractivity contribution is 5.98. The van der Waals surface area contributed by atoms with Crippen LogP contribution in [0, 0.1) is 11.6 Å². The number of aromatic nitrogens is 4. The average molecular weight is 408 g/mol. The molecule has 0 unspecified atom stereocenters. The highest BCUT2D eigenvalue weighted by atomic mass is 19.1. The molecule has 0 spiro atoms. The third-order valence-corrected chi connectivity index (χ3v) is 4.67. The van der Waals surface area contributed by atoms with Crippen LogP contribution in [0.25, 0.3) is 22.4 Å². The zero-order chi connectivity index (χ0) is 21.4. The molecule has 4 rings (SSSR count). The van der Waals surface area contributed by atoms with Crippen LogP contribution in [0.2, 0.25) is 0 Å². The van der Waals surface area contributed by atoms with Crippen molar-refractivity contribution >= 4 is 22.6 Å². The van der Waals surface area contributed by atoms with Gasteiger partial charge in [-0.05, 0) is 12.1 Å². The van der Waals surface area contributed by atoms with Gasteiger partial charge in [-0.15, -0.1) is 0 Å². The lowest BCUT2D eigenvalue weighted by atomic mass is 10.1. The third-order valence-electron chi connectivity index (χ3n) is 4.67. The molecule has 0 aliphatic rings. The summed E-state index contributed by atoms with van der Waals surface area (Å²) in [5.74, 6) is -1.11. The van der Waals surface area contributed by atoms with Gasteiger partial charge < -0.3 is 10.6 Å². The maximum atomic E-state index is 14.6. The Morgan fingerprint density at radius 1 is 1.10 bits per heavy atom. The lowest BCUT2D eigenvalue weighted by Crippen LogP contribution is -2.23. The fraction of sp³-hybridized carbons (Fsp3) is 0.143. The standard InChI is InChI=1S/C21H18F2N6O/c1-28(2)21(30)14-10-25-20(26-19(14)24)17-13-7-5-9-16(23)18(13)29(27-17)11-12-6-3-4-8-15(12)22/h3-10H,11H2,1-2H3,(H2,24,25,26). The number of halogens is 2. The minimum atomic E-state index is -0.505. The van der Waals surface area contributed by atoms with Crippen LogP contribution in [-0.4, -0.2) is 44.7 Å². The van der Waals surface area contributed by atoms with Crippen molar-refractivity contribution in [3.8, 4) is 11.5 Å². The SMILES string of the molecule is CN(C)C(=O)c1cnc(-c2nn(Cc3ccccc3F)c3c(F)cccc23)nc1N. The second kappa shape index (κ2) is 7.51. The van der Waals surface area contributed by atoms with Crippen LogP contribution in [0.1, 0.15) is 15.9 Å². The third kappa shape index (κ3) is 3.34. The van der Waals surface area contributed by atoms with Crippen LogP contribution >= 0.6 is 0 Å². The van der Waals surface area contributed by atoms with Crippen molar-refractivity contribution in [1.82, 2.24) is 24.6 Å². The molecule has 2 heterocycles. The number of hydrogen-bond donors (Lipinski definition) is 1. The Morgan fingerprint density at radius 3 is 2.53 bits per heavy atom. The van der Waals surface area contributed by atoms with Crippen molar-refractivity contribution in [3.63, 3.8) is 0 Å². The molecular weight excluding hydrogens is 390 g/mol. The van der Waals surface area contributed by atoms with Gasteiger partial charge >= 0.3 is 0 Å². The molecule has 0 fully saturated rings. The lowest BCUT2D eigenvalue weighted by Gasteiger charge is -2.11. The molecule has 4 aromatic rings. The number of carbonyl (C=O) groups is 1. The van der Waals surface area contributed by atoms with Crippen LogP contribution in [0.5, 0.6) is 0 Å². The molecule has 0 radical (unpaired) electrons. The van der Waals surface area contributed by atoms with Gasteiger partial charge in [-0.2, -0.15) is 5.10 Å². The quantitative estimate of drug-likeness (QED) is 0.560. The molecule has 152 valence electrons. The lowest BCUT2D eigenvalue weighted by molar-refractivity contribution is 0.0828. The molecule has 7 nitrogen and oxygen atoms in total. The second-order valence-electron chi connectivity index (χ2n) is 6.93. The van der Waals surface area contributed by atoms with Crippen molar-refractivity contribution in [1.29, 1.82) is 0 Å². The van der Waals surface area contributed by atoms with Crippen LogP contribution in [0.4, 0.5) is 14.6 Å². The highest BCUT2D eigenvalue weighted by Crippen LogP contribution is 2.29. The maximum absolute atomic E-state index is 14.6. The molecule has 1 amide bonds. The number of para-hydroxylation sites is 1. The van der Waals surface area contributed by atoms with Crippen LogP contribution in [0.3, 0.4) is 0 Å². The summed E-state index contributed by atoms with van der Waals surface area (Å²) >= 11 is 0. The summed E-state index contributed by atoms with van der Waals surface area (Å²) in [5.41, 5.74) is 6.98. The minimum absolute atomic E-state index is 0.00749. The van der Waals surface area contributed by atoms with E-state index in [-0.39, 0.29) is 40.9 Å². The number of carbonyl (C=O) groups excluding carboxylic acids is 1. The van der Waals surface area contributed by atoms with Gasteiger partial charge in [0.15, 0.2) is 5.82 Å². The topological polar surface area (TPSA) is 89.9 Å². The summed E-state index contributed by atoms with van der Waals surface area (Å²) < 4.78 is 30.2. The van der Waals surface area contributed by atoms with E-state index >= 15 is 0 Å². The van der Waals surface area contributed by atoms with Crippen molar-refractivity contribution in [2.75, 3.05) is 19.8 Å². The summed E-state index contributed by atoms with van der Waals surface area (Å²) in [6.07, 6.45) is 1.32. The Morgan fingerprint density at radius 2 is 1.83 bits per heavy atom. The van der Waals surface area contributed by atoms with E-state index in [2.05, 4.69) is 15.1 Å². The molecule has 0 atom stereocenters. The first-order valence-corrected chi connectivity index (χ1v) is 9.09. The van der Waals surface area contributed by atoms with Crippen molar-refractivity contribution in [2.45, 2.75) is 6.54 Å². The molecule has 0 saturated carbocycles. The zero-order valence-electron chi connectivity index (χ0n) is 16.3. The van der Waals surface area contributed by atoms with Gasteiger partial charge in [-0.3, -0.25) is 9.48 Å². The van der Waals surface area contributed by atoms with Gasteiger partial charge in [-0.25, -0.2) is 18.7 Å². The molecule has 2 N–H and O–H groups in total. The number of nitrogens with zero attached hydrogens (tertiary/aromatic N) is 5. The number of amides is 1. The first kappa shape index (κ1) is 19.4. The largest absolute Gasteiger partial charge is 0.383 e. The van der Waals surface area contributed by atoms with E-state index in [4.69, 9.17) is 5.73 Å². The van der Waals surface area contributed by atoms with E-state index in [1.807, 2.05) is 0 Å². The van der Waals surface area contributed by atoms with E-state index in [1.165, 1.54) is 27.9 Å². The molecule has 0 aliphatic carbocycles. The van der Waals surface area contributed by atoms with E-state index in [0.717, 1.165) is 0 Å². The summed E-state index contributed by atoms with van der Waals surface area (Å²) in [6.45, 7) is 0.0246. The predicted octanol–water partition coefficient (Wildman–Crippen LogP) is 3.10. The highest BCUT2D eigenvalue weighted by Gasteiger charge is 2.21. The van der Waals surface area contributed by atoms with Gasteiger partial charge in [0, 0.05) is 31.2 Å². The number of benzene rings is 2. The molecule has 0 aliphatic heterocycles. The summed E-state index contributed by atoms with van der Waals surface area (Å²) in [7, 11) is 3.19. The van der Waals surface area contributed by atoms with Gasteiger partial charge in [0.2, 0.25) is 0 Å². The predicted molar refractivity (Wildman–Crippen MR) is 109 cm³/mol. The van der Waals surface area contributed by atoms with Crippen LogP contribution in [0.15, 0.2) is 48.7 Å². The Kier molecular flexibility index (Phi) is 4.86. The first-order valence-electron chi connectivity index (χ1n) is 9.09. The number of fused-ring (bicyclic) bond motifs is 1. The monoisotopic (exact) mass is 408 g/mol. The molecular formula is C21H18F2N6O. The van der Waals surface area contributed by atoms with Gasteiger partial charge in [0.1, 0.15) is 34.2 Å². The van der Waals surface area contributed by atoms with E-state index in [1.54, 1.807) is 44.4 Å². The van der Waals surface area contributed by atoms with Crippen LogP contribution < -0.4 is 5.73 Å². The normalized spacial score (nSPS) is 11.1. The van der Waals surface area contributed by atoms with Gasteiger partial charge in [-0.1, -0.05) is 30.3 Å². The van der Waals surface area contributed by atoms with E-state index in [9.17, 15) is 13.6 Å². The number of hydrogen-bond acceptors (Lipinski definition) is 5. The second-order valence-corrected chi connectivity index (χ2v) is 6.93. The summed E-state index contributed by atoms with van der Waals surface area (Å²) in [4.78, 5) is 22.0. The molecule has 0 bridgehead atoms. The van der Waals surface area contributed by atoms with Crippen LogP contribution in [-0.2, 0) is 6.54 Å². The van der Waals surface area contributed by atoms with Gasteiger partial charge in [0.05, 0.1) is 6.54 Å². The number of nitrogen functional groups attached to an aromatic ring is 1. The Balaban J connectivity index is 1.85. The fourth-order valence-corrected chi connectivity index (χ4v) is 3.18. The van der Waals surface area contributed by atoms with Crippen molar-refractivity contribution in [2.24, 2.45) is 0 Å². The Bertz CT molecular complexity index is 1270. The minimum Gasteiger partial charge on any atom is -0.383 e. The van der Waals surface area contributed by atoms with Crippen molar-refractivity contribution in [3.05, 3.63) is 71.4 Å². The molecule has 0 saturated heterocycles. The Hall–Kier alpha value is -3.88. The fourth-order valence-electron chi connectivity index (χ4n) is 3.18. The number of anilines is 1. The average Bonchev–Trinajstić information content (AvgIpc) is 3.09.